The molecule has 0 aromatic heterocycles. The molecule has 1 heterocycles. The molecule has 0 bridgehead atoms. The predicted molar refractivity (Wildman–Crippen MR) is 42.0 cm³/mol. The van der Waals surface area contributed by atoms with Crippen LogP contribution in [0.25, 0.3) is 0 Å². The Kier molecular flexibility index (Phi) is 3.78. The van der Waals surface area contributed by atoms with Crippen LogP contribution in [0.2, 0.25) is 0 Å². The lowest BCUT2D eigenvalue weighted by atomic mass is 9.96. The van der Waals surface area contributed by atoms with Crippen molar-refractivity contribution in [1.29, 1.82) is 0 Å². The summed E-state index contributed by atoms with van der Waals surface area (Å²) in [7, 11) is 0. The van der Waals surface area contributed by atoms with Gasteiger partial charge < -0.3 is 35.4 Å². The van der Waals surface area contributed by atoms with Crippen molar-refractivity contribution in [2.45, 2.75) is 36.8 Å². The van der Waals surface area contributed by atoms with Gasteiger partial charge in [0.2, 0.25) is 0 Å². The molecule has 1 aliphatic heterocycles. The average Bonchev–Trinajstić information content (AvgIpc) is 2.19. The Bertz CT molecular complexity index is 187. The van der Waals surface area contributed by atoms with Gasteiger partial charge in [0.25, 0.3) is 0 Å². The molecule has 7 nitrogen and oxygen atoms in total. The first-order valence-corrected chi connectivity index (χ1v) is 4.15. The van der Waals surface area contributed by atoms with E-state index in [2.05, 4.69) is 4.74 Å². The van der Waals surface area contributed by atoms with Gasteiger partial charge >= 0.3 is 0 Å². The van der Waals surface area contributed by atoms with Crippen molar-refractivity contribution in [3.63, 3.8) is 0 Å². The van der Waals surface area contributed by atoms with E-state index in [1.807, 2.05) is 0 Å². The number of ether oxygens (including phenoxy) is 1. The van der Waals surface area contributed by atoms with E-state index in [0.29, 0.717) is 0 Å². The molecule has 84 valence electrons. The fraction of sp³-hybridized carbons (Fsp3) is 1.00. The Morgan fingerprint density at radius 3 is 2.07 bits per heavy atom. The highest BCUT2D eigenvalue weighted by Gasteiger charge is 2.45. The number of hydrogen-bond donors (Lipinski definition) is 6. The topological polar surface area (TPSA) is 131 Å². The Hall–Kier alpha value is -0.280. The molecule has 1 saturated heterocycles. The standard InChI is InChI=1S/C7H14O7/c8-1-2(9)6-4(11)3(10)5(12)7(13)14-6/h2-13H,1H2/t2-,3+,4+,5-,6-,7?/m1/s1. The summed E-state index contributed by atoms with van der Waals surface area (Å²) in [5.41, 5.74) is 0. The molecule has 0 saturated carbocycles. The number of aliphatic hydroxyl groups is 6. The Morgan fingerprint density at radius 1 is 1.00 bits per heavy atom. The molecule has 1 aliphatic rings. The maximum atomic E-state index is 9.31. The molecule has 0 radical (unpaired) electrons. The van der Waals surface area contributed by atoms with Crippen molar-refractivity contribution in [2.75, 3.05) is 6.61 Å². The predicted octanol–water partition coefficient (Wildman–Crippen LogP) is -3.86. The molecule has 1 rings (SSSR count). The van der Waals surface area contributed by atoms with Gasteiger partial charge in [-0.1, -0.05) is 0 Å². The maximum Gasteiger partial charge on any atom is 0.184 e. The summed E-state index contributed by atoms with van der Waals surface area (Å²) in [5.74, 6) is 0. The van der Waals surface area contributed by atoms with Crippen LogP contribution in [0.1, 0.15) is 0 Å². The van der Waals surface area contributed by atoms with Gasteiger partial charge in [-0.25, -0.2) is 0 Å². The minimum absolute atomic E-state index is 0.683. The van der Waals surface area contributed by atoms with Crippen LogP contribution < -0.4 is 0 Å². The van der Waals surface area contributed by atoms with E-state index in [0.717, 1.165) is 0 Å². The first-order chi connectivity index (χ1) is 6.49. The third kappa shape index (κ3) is 2.04. The zero-order valence-corrected chi connectivity index (χ0v) is 7.26. The minimum atomic E-state index is -1.69. The van der Waals surface area contributed by atoms with E-state index in [-0.39, 0.29) is 0 Å². The molecular formula is C7H14O7. The minimum Gasteiger partial charge on any atom is -0.394 e. The SMILES string of the molecule is OC[C@@H](O)[C@H]1OC(O)[C@H](O)[C@@H](O)[C@@H]1O. The van der Waals surface area contributed by atoms with Gasteiger partial charge in [-0.3, -0.25) is 0 Å². The van der Waals surface area contributed by atoms with Crippen LogP contribution in [0.5, 0.6) is 0 Å². The van der Waals surface area contributed by atoms with Crippen LogP contribution >= 0.6 is 0 Å². The second-order valence-electron chi connectivity index (χ2n) is 3.21. The summed E-state index contributed by atoms with van der Waals surface area (Å²) < 4.78 is 4.62. The number of rotatable bonds is 2. The fourth-order valence-electron chi connectivity index (χ4n) is 1.31. The third-order valence-electron chi connectivity index (χ3n) is 2.19. The van der Waals surface area contributed by atoms with Crippen molar-refractivity contribution in [2.24, 2.45) is 0 Å². The monoisotopic (exact) mass is 210 g/mol. The van der Waals surface area contributed by atoms with Crippen molar-refractivity contribution >= 4 is 0 Å². The number of aliphatic hydroxyl groups excluding tert-OH is 6. The second kappa shape index (κ2) is 4.49. The molecule has 0 spiro atoms. The van der Waals surface area contributed by atoms with Crippen LogP contribution in [0.15, 0.2) is 0 Å². The third-order valence-corrected chi connectivity index (χ3v) is 2.19. The molecule has 6 N–H and O–H groups in total. The van der Waals surface area contributed by atoms with Gasteiger partial charge in [0.15, 0.2) is 6.29 Å². The molecule has 1 fully saturated rings. The normalized spacial score (nSPS) is 46.3. The molecule has 0 aromatic rings. The van der Waals surface area contributed by atoms with Gasteiger partial charge in [-0.2, -0.15) is 0 Å². The maximum absolute atomic E-state index is 9.31. The summed E-state index contributed by atoms with van der Waals surface area (Å²) in [5, 5.41) is 54.3. The fourth-order valence-corrected chi connectivity index (χ4v) is 1.31. The van der Waals surface area contributed by atoms with Gasteiger partial charge in [0.1, 0.15) is 30.5 Å². The van der Waals surface area contributed by atoms with Crippen LogP contribution in [0.3, 0.4) is 0 Å². The highest BCUT2D eigenvalue weighted by Crippen LogP contribution is 2.21. The molecule has 14 heavy (non-hydrogen) atoms. The Balaban J connectivity index is 2.70. The highest BCUT2D eigenvalue weighted by molar-refractivity contribution is 4.91. The van der Waals surface area contributed by atoms with Crippen LogP contribution in [0, 0.1) is 0 Å². The average molecular weight is 210 g/mol. The van der Waals surface area contributed by atoms with E-state index in [1.165, 1.54) is 0 Å². The van der Waals surface area contributed by atoms with Crippen LogP contribution in [-0.4, -0.2) is 74.1 Å². The van der Waals surface area contributed by atoms with Gasteiger partial charge in [-0.05, 0) is 0 Å². The molecule has 0 aromatic carbocycles. The highest BCUT2D eigenvalue weighted by atomic mass is 16.6. The molecule has 0 aliphatic carbocycles. The van der Waals surface area contributed by atoms with E-state index in [9.17, 15) is 10.2 Å². The van der Waals surface area contributed by atoms with E-state index in [4.69, 9.17) is 20.4 Å². The summed E-state index contributed by atoms with van der Waals surface area (Å²) in [6.45, 7) is -0.683. The molecule has 7 heteroatoms. The first-order valence-electron chi connectivity index (χ1n) is 4.15. The Labute approximate surface area is 79.8 Å². The summed E-state index contributed by atoms with van der Waals surface area (Å²) in [6.07, 6.45) is -9.26. The van der Waals surface area contributed by atoms with E-state index in [1.54, 1.807) is 0 Å². The van der Waals surface area contributed by atoms with Gasteiger partial charge in [-0.15, -0.1) is 0 Å². The molecule has 1 unspecified atom stereocenters. The first kappa shape index (κ1) is 11.8. The summed E-state index contributed by atoms with van der Waals surface area (Å²) in [6, 6.07) is 0. The van der Waals surface area contributed by atoms with Crippen molar-refractivity contribution in [1.82, 2.24) is 0 Å². The van der Waals surface area contributed by atoms with Crippen molar-refractivity contribution < 1.29 is 35.4 Å². The summed E-state index contributed by atoms with van der Waals surface area (Å²) >= 11 is 0. The van der Waals surface area contributed by atoms with Crippen LogP contribution in [-0.2, 0) is 4.74 Å². The zero-order valence-electron chi connectivity index (χ0n) is 7.26. The molecule has 0 amide bonds. The lowest BCUT2D eigenvalue weighted by Crippen LogP contribution is -2.61. The largest absolute Gasteiger partial charge is 0.394 e. The smallest absolute Gasteiger partial charge is 0.184 e. The van der Waals surface area contributed by atoms with Crippen molar-refractivity contribution in [3.8, 4) is 0 Å². The van der Waals surface area contributed by atoms with E-state index < -0.39 is 43.4 Å². The Morgan fingerprint density at radius 2 is 1.57 bits per heavy atom. The van der Waals surface area contributed by atoms with Gasteiger partial charge in [0, 0.05) is 0 Å². The quantitative estimate of drug-likeness (QED) is 0.275. The molecule has 6 atom stereocenters. The molecular weight excluding hydrogens is 196 g/mol. The lowest BCUT2D eigenvalue weighted by molar-refractivity contribution is -0.298. The summed E-state index contributed by atoms with van der Waals surface area (Å²) in [4.78, 5) is 0. The van der Waals surface area contributed by atoms with E-state index >= 15 is 0 Å². The van der Waals surface area contributed by atoms with Crippen molar-refractivity contribution in [3.05, 3.63) is 0 Å². The van der Waals surface area contributed by atoms with Crippen LogP contribution in [0.4, 0.5) is 0 Å². The zero-order chi connectivity index (χ0) is 10.9. The second-order valence-corrected chi connectivity index (χ2v) is 3.21. The lowest BCUT2D eigenvalue weighted by Gasteiger charge is -2.39. The van der Waals surface area contributed by atoms with Gasteiger partial charge in [0.05, 0.1) is 6.61 Å². The number of hydrogen-bond acceptors (Lipinski definition) is 7.